The van der Waals surface area contributed by atoms with Gasteiger partial charge in [-0.25, -0.2) is 4.98 Å². The monoisotopic (exact) mass is 348 g/mol. The first-order valence-electron chi connectivity index (χ1n) is 6.62. The van der Waals surface area contributed by atoms with Crippen LogP contribution < -0.4 is 10.1 Å². The number of carbonyl (C=O) groups excluding carboxylic acids is 1. The minimum absolute atomic E-state index is 0.232. The molecule has 0 saturated carbocycles. The Bertz CT molecular complexity index is 658. The number of halogens is 1. The third kappa shape index (κ3) is 4.04. The van der Waals surface area contributed by atoms with E-state index in [-0.39, 0.29) is 5.91 Å². The van der Waals surface area contributed by atoms with Gasteiger partial charge in [0.1, 0.15) is 11.6 Å². The van der Waals surface area contributed by atoms with E-state index in [4.69, 9.17) is 4.74 Å². The van der Waals surface area contributed by atoms with E-state index in [0.29, 0.717) is 11.6 Å². The summed E-state index contributed by atoms with van der Waals surface area (Å²) in [6.07, 6.45) is 1.02. The molecule has 110 valence electrons. The molecule has 4 nitrogen and oxygen atoms in total. The number of hydrogen-bond donors (Lipinski definition) is 1. The summed E-state index contributed by atoms with van der Waals surface area (Å²) in [6, 6.07) is 9.45. The van der Waals surface area contributed by atoms with Crippen LogP contribution in [-0.4, -0.2) is 17.0 Å². The van der Waals surface area contributed by atoms with Crippen LogP contribution in [0.4, 0.5) is 5.82 Å². The number of carbonyl (C=O) groups is 1. The van der Waals surface area contributed by atoms with E-state index in [1.807, 2.05) is 44.2 Å². The van der Waals surface area contributed by atoms with Crippen LogP contribution in [0.1, 0.15) is 18.1 Å². The third-order valence-electron chi connectivity index (χ3n) is 3.01. The quantitative estimate of drug-likeness (QED) is 0.912. The van der Waals surface area contributed by atoms with Gasteiger partial charge in [-0.3, -0.25) is 4.79 Å². The van der Waals surface area contributed by atoms with E-state index in [1.165, 1.54) is 0 Å². The number of ether oxygens (including phenoxy) is 1. The predicted octanol–water partition coefficient (Wildman–Crippen LogP) is 3.87. The summed E-state index contributed by atoms with van der Waals surface area (Å²) in [7, 11) is 0. The van der Waals surface area contributed by atoms with E-state index in [2.05, 4.69) is 26.2 Å². The summed E-state index contributed by atoms with van der Waals surface area (Å²) in [6.45, 7) is 5.60. The Kier molecular flexibility index (Phi) is 4.96. The second-order valence-corrected chi connectivity index (χ2v) is 5.71. The minimum atomic E-state index is -0.620. The average molecular weight is 349 g/mol. The molecule has 5 heteroatoms. The van der Waals surface area contributed by atoms with Crippen molar-refractivity contribution >= 4 is 27.7 Å². The smallest absolute Gasteiger partial charge is 0.266 e. The number of pyridine rings is 1. The lowest BCUT2D eigenvalue weighted by atomic mass is 10.2. The summed E-state index contributed by atoms with van der Waals surface area (Å²) >= 11 is 3.43. The Morgan fingerprint density at radius 2 is 2.10 bits per heavy atom. The van der Waals surface area contributed by atoms with Crippen molar-refractivity contribution in [1.82, 2.24) is 4.98 Å². The second kappa shape index (κ2) is 6.72. The van der Waals surface area contributed by atoms with Crippen LogP contribution in [-0.2, 0) is 4.79 Å². The maximum absolute atomic E-state index is 12.2. The highest BCUT2D eigenvalue weighted by Crippen LogP contribution is 2.26. The maximum atomic E-state index is 12.2. The van der Waals surface area contributed by atoms with Crippen molar-refractivity contribution < 1.29 is 9.53 Å². The van der Waals surface area contributed by atoms with Gasteiger partial charge in [0.2, 0.25) is 0 Å². The molecule has 0 aliphatic heterocycles. The molecular formula is C16H17BrN2O2. The molecule has 0 saturated heterocycles. The van der Waals surface area contributed by atoms with Crippen LogP contribution in [0, 0.1) is 13.8 Å². The molecule has 0 aliphatic carbocycles. The fourth-order valence-corrected chi connectivity index (χ4v) is 2.37. The highest BCUT2D eigenvalue weighted by Gasteiger charge is 2.17. The topological polar surface area (TPSA) is 51.2 Å². The molecule has 2 rings (SSSR count). The van der Waals surface area contributed by atoms with Crippen LogP contribution in [0.15, 0.2) is 41.0 Å². The van der Waals surface area contributed by atoms with E-state index in [1.54, 1.807) is 13.1 Å². The number of amides is 1. The number of rotatable bonds is 4. The van der Waals surface area contributed by atoms with Crippen molar-refractivity contribution in [3.63, 3.8) is 0 Å². The number of nitrogens with one attached hydrogen (secondary N) is 1. The lowest BCUT2D eigenvalue weighted by Gasteiger charge is -2.16. The molecule has 1 aromatic carbocycles. The molecule has 1 unspecified atom stereocenters. The highest BCUT2D eigenvalue weighted by atomic mass is 79.9. The van der Waals surface area contributed by atoms with Gasteiger partial charge in [0.25, 0.3) is 5.91 Å². The summed E-state index contributed by atoms with van der Waals surface area (Å²) in [5.74, 6) is 0.964. The first kappa shape index (κ1) is 15.5. The summed E-state index contributed by atoms with van der Waals surface area (Å²) in [4.78, 5) is 16.3. The van der Waals surface area contributed by atoms with Gasteiger partial charge in [-0.2, -0.15) is 0 Å². The van der Waals surface area contributed by atoms with Crippen molar-refractivity contribution in [2.75, 3.05) is 5.32 Å². The minimum Gasteiger partial charge on any atom is -0.480 e. The lowest BCUT2D eigenvalue weighted by Crippen LogP contribution is -2.30. The Labute approximate surface area is 132 Å². The van der Waals surface area contributed by atoms with E-state index in [9.17, 15) is 4.79 Å². The van der Waals surface area contributed by atoms with Gasteiger partial charge in [-0.05, 0) is 66.0 Å². The molecule has 0 fully saturated rings. The molecular weight excluding hydrogens is 332 g/mol. The highest BCUT2D eigenvalue weighted by molar-refractivity contribution is 9.10. The van der Waals surface area contributed by atoms with Gasteiger partial charge in [0, 0.05) is 6.20 Å². The standard InChI is InChI=1S/C16H17BrN2O2/c1-10-6-7-14(13(17)9-10)21-12(3)16(20)19-15-11(2)5-4-8-18-15/h4-9,12H,1-3H3,(H,18,19,20). The van der Waals surface area contributed by atoms with Crippen molar-refractivity contribution in [1.29, 1.82) is 0 Å². The van der Waals surface area contributed by atoms with Crippen molar-refractivity contribution in [3.05, 3.63) is 52.1 Å². The largest absolute Gasteiger partial charge is 0.480 e. The van der Waals surface area contributed by atoms with E-state index >= 15 is 0 Å². The summed E-state index contributed by atoms with van der Waals surface area (Å²) < 4.78 is 6.52. The maximum Gasteiger partial charge on any atom is 0.266 e. The molecule has 0 aliphatic rings. The van der Waals surface area contributed by atoms with Gasteiger partial charge >= 0.3 is 0 Å². The Morgan fingerprint density at radius 1 is 1.33 bits per heavy atom. The number of nitrogens with zero attached hydrogens (tertiary/aromatic N) is 1. The van der Waals surface area contributed by atoms with Crippen LogP contribution in [0.25, 0.3) is 0 Å². The zero-order valence-electron chi connectivity index (χ0n) is 12.2. The Morgan fingerprint density at radius 3 is 2.76 bits per heavy atom. The summed E-state index contributed by atoms with van der Waals surface area (Å²) in [5.41, 5.74) is 2.03. The van der Waals surface area contributed by atoms with Crippen molar-refractivity contribution in [3.8, 4) is 5.75 Å². The van der Waals surface area contributed by atoms with Gasteiger partial charge in [-0.15, -0.1) is 0 Å². The number of anilines is 1. The number of hydrogen-bond acceptors (Lipinski definition) is 3. The zero-order valence-corrected chi connectivity index (χ0v) is 13.8. The van der Waals surface area contributed by atoms with Gasteiger partial charge in [0.15, 0.2) is 6.10 Å². The number of benzene rings is 1. The molecule has 2 aromatic rings. The number of aromatic nitrogens is 1. The van der Waals surface area contributed by atoms with Gasteiger partial charge < -0.3 is 10.1 Å². The van der Waals surface area contributed by atoms with Crippen LogP contribution in [0.5, 0.6) is 5.75 Å². The first-order chi connectivity index (χ1) is 9.97. The SMILES string of the molecule is Cc1ccc(OC(C)C(=O)Nc2ncccc2C)c(Br)c1. The zero-order chi connectivity index (χ0) is 15.4. The first-order valence-corrected chi connectivity index (χ1v) is 7.42. The van der Waals surface area contributed by atoms with E-state index in [0.717, 1.165) is 15.6 Å². The lowest BCUT2D eigenvalue weighted by molar-refractivity contribution is -0.122. The molecule has 0 radical (unpaired) electrons. The van der Waals surface area contributed by atoms with Crippen molar-refractivity contribution in [2.45, 2.75) is 26.9 Å². The van der Waals surface area contributed by atoms with E-state index < -0.39 is 6.10 Å². The third-order valence-corrected chi connectivity index (χ3v) is 3.63. The average Bonchev–Trinajstić information content (AvgIpc) is 2.44. The number of aryl methyl sites for hydroxylation is 2. The molecule has 0 spiro atoms. The van der Waals surface area contributed by atoms with Crippen LogP contribution in [0.2, 0.25) is 0 Å². The summed E-state index contributed by atoms with van der Waals surface area (Å²) in [5, 5.41) is 2.77. The molecule has 0 bridgehead atoms. The normalized spacial score (nSPS) is 11.8. The molecule has 1 amide bonds. The van der Waals surface area contributed by atoms with Gasteiger partial charge in [0.05, 0.1) is 4.47 Å². The van der Waals surface area contributed by atoms with Crippen LogP contribution >= 0.6 is 15.9 Å². The fourth-order valence-electron chi connectivity index (χ4n) is 1.78. The Hall–Kier alpha value is -1.88. The second-order valence-electron chi connectivity index (χ2n) is 4.85. The molecule has 1 aromatic heterocycles. The molecule has 21 heavy (non-hydrogen) atoms. The molecule has 1 N–H and O–H groups in total. The Balaban J connectivity index is 2.04. The fraction of sp³-hybridized carbons (Fsp3) is 0.250. The van der Waals surface area contributed by atoms with Crippen molar-refractivity contribution in [2.24, 2.45) is 0 Å². The predicted molar refractivity (Wildman–Crippen MR) is 86.6 cm³/mol. The van der Waals surface area contributed by atoms with Gasteiger partial charge in [-0.1, -0.05) is 12.1 Å². The molecule has 1 atom stereocenters. The van der Waals surface area contributed by atoms with Crippen LogP contribution in [0.3, 0.4) is 0 Å². The molecule has 1 heterocycles.